The minimum atomic E-state index is -1.34. The molecule has 0 aliphatic heterocycles. The van der Waals surface area contributed by atoms with Crippen molar-refractivity contribution in [2.24, 2.45) is 23.2 Å². The number of carbonyl (C=O) groups is 5. The minimum Gasteiger partial charge on any atom is -0.480 e. The Balaban J connectivity index is 3.22. The summed E-state index contributed by atoms with van der Waals surface area (Å²) in [5.41, 5.74) is 0.233. The van der Waals surface area contributed by atoms with Gasteiger partial charge >= 0.3 is 5.97 Å². The number of aliphatic carboxylic acids is 1. The molecule has 1 aromatic rings. The maximum Gasteiger partial charge on any atom is 0.326 e. The first-order valence-corrected chi connectivity index (χ1v) is 16.7. The van der Waals surface area contributed by atoms with Crippen molar-refractivity contribution in [2.45, 2.75) is 131 Å². The first kappa shape index (κ1) is 40.6. The second-order valence-corrected chi connectivity index (χ2v) is 13.1. The summed E-state index contributed by atoms with van der Waals surface area (Å²) in [6, 6.07) is 5.31. The Morgan fingerprint density at radius 3 is 1.70 bits per heavy atom. The highest BCUT2D eigenvalue weighted by molar-refractivity contribution is 5.91. The topological polar surface area (TPSA) is 174 Å². The van der Waals surface area contributed by atoms with Crippen LogP contribution in [0.25, 0.3) is 0 Å². The number of carboxylic acids is 1. The van der Waals surface area contributed by atoms with Crippen LogP contribution in [0.2, 0.25) is 0 Å². The predicted molar refractivity (Wildman–Crippen MR) is 179 cm³/mol. The fourth-order valence-electron chi connectivity index (χ4n) is 5.51. The number of carbonyl (C=O) groups excluding carboxylic acids is 4. The summed E-state index contributed by atoms with van der Waals surface area (Å²) in [6.45, 7) is 16.5. The van der Waals surface area contributed by atoms with Crippen LogP contribution in [0.15, 0.2) is 30.3 Å². The second kappa shape index (κ2) is 19.3. The van der Waals surface area contributed by atoms with Crippen molar-refractivity contribution >= 4 is 29.6 Å². The van der Waals surface area contributed by atoms with E-state index in [1.807, 2.05) is 71.9 Å². The molecular weight excluding hydrogens is 588 g/mol. The average Bonchev–Trinajstić information content (AvgIpc) is 3.01. The second-order valence-electron chi connectivity index (χ2n) is 13.1. The zero-order chi connectivity index (χ0) is 35.2. The van der Waals surface area contributed by atoms with Crippen LogP contribution in [-0.2, 0) is 30.4 Å². The van der Waals surface area contributed by atoms with Crippen LogP contribution < -0.4 is 21.3 Å². The third kappa shape index (κ3) is 11.7. The number of hydrogen-bond acceptors (Lipinski definition) is 6. The third-order valence-electron chi connectivity index (χ3n) is 9.28. The fourth-order valence-corrected chi connectivity index (χ4v) is 5.51. The lowest BCUT2D eigenvalue weighted by Gasteiger charge is -2.33. The van der Waals surface area contributed by atoms with Crippen molar-refractivity contribution in [3.05, 3.63) is 35.9 Å². The number of rotatable bonds is 20. The van der Waals surface area contributed by atoms with Gasteiger partial charge in [-0.2, -0.15) is 0 Å². The first-order chi connectivity index (χ1) is 21.6. The van der Waals surface area contributed by atoms with Crippen LogP contribution in [-0.4, -0.2) is 70.1 Å². The number of carboxylic acid groups (broad SMARTS) is 1. The molecule has 0 saturated carbocycles. The molecular formula is C35H58N4O7. The molecule has 0 radical (unpaired) electrons. The Bertz CT molecular complexity index is 1130. The molecule has 0 saturated heterocycles. The van der Waals surface area contributed by atoms with E-state index in [1.54, 1.807) is 20.8 Å². The normalized spacial score (nSPS) is 15.7. The SMILES string of the molecule is CCC(C)C(NC(=O)CC(O)C(Cc1ccccc1)NC(=O)C(NC(=O)C(CC)(CC)CC)C(C)C)C(=O)NC(C(=O)O)C(C)C. The Kier molecular flexibility index (Phi) is 17.0. The molecule has 1 rings (SSSR count). The van der Waals surface area contributed by atoms with Crippen molar-refractivity contribution in [1.29, 1.82) is 0 Å². The molecule has 11 nitrogen and oxygen atoms in total. The van der Waals surface area contributed by atoms with Gasteiger partial charge < -0.3 is 31.5 Å². The van der Waals surface area contributed by atoms with Gasteiger partial charge in [-0.25, -0.2) is 4.79 Å². The van der Waals surface area contributed by atoms with E-state index in [0.29, 0.717) is 25.7 Å². The molecule has 0 aliphatic carbocycles. The lowest BCUT2D eigenvalue weighted by Crippen LogP contribution is -2.58. The number of aliphatic hydroxyl groups is 1. The zero-order valence-electron chi connectivity index (χ0n) is 29.2. The van der Waals surface area contributed by atoms with Crippen LogP contribution in [0, 0.1) is 23.2 Å². The number of hydrogen-bond donors (Lipinski definition) is 6. The van der Waals surface area contributed by atoms with Gasteiger partial charge in [-0.15, -0.1) is 0 Å². The summed E-state index contributed by atoms with van der Waals surface area (Å²) in [5.74, 6) is -4.01. The molecule has 46 heavy (non-hydrogen) atoms. The Hall–Kier alpha value is -3.47. The van der Waals surface area contributed by atoms with Gasteiger partial charge in [0.1, 0.15) is 18.1 Å². The van der Waals surface area contributed by atoms with E-state index >= 15 is 0 Å². The quantitative estimate of drug-likeness (QED) is 0.126. The van der Waals surface area contributed by atoms with E-state index in [2.05, 4.69) is 21.3 Å². The number of benzene rings is 1. The van der Waals surface area contributed by atoms with Gasteiger partial charge in [-0.1, -0.05) is 99.1 Å². The highest BCUT2D eigenvalue weighted by atomic mass is 16.4. The lowest BCUT2D eigenvalue weighted by atomic mass is 9.78. The molecule has 0 fully saturated rings. The fraction of sp³-hybridized carbons (Fsp3) is 0.686. The highest BCUT2D eigenvalue weighted by Gasteiger charge is 2.37. The van der Waals surface area contributed by atoms with Crippen LogP contribution in [0.5, 0.6) is 0 Å². The molecule has 0 spiro atoms. The van der Waals surface area contributed by atoms with E-state index in [1.165, 1.54) is 0 Å². The van der Waals surface area contributed by atoms with Gasteiger partial charge in [0.15, 0.2) is 0 Å². The summed E-state index contributed by atoms with van der Waals surface area (Å²) in [4.78, 5) is 65.1. The molecule has 6 unspecified atom stereocenters. The molecule has 6 N–H and O–H groups in total. The monoisotopic (exact) mass is 646 g/mol. The number of aliphatic hydroxyl groups excluding tert-OH is 1. The van der Waals surface area contributed by atoms with Gasteiger partial charge in [0.2, 0.25) is 23.6 Å². The third-order valence-corrected chi connectivity index (χ3v) is 9.28. The molecule has 0 heterocycles. The van der Waals surface area contributed by atoms with Gasteiger partial charge in [0, 0.05) is 5.41 Å². The largest absolute Gasteiger partial charge is 0.480 e. The zero-order valence-corrected chi connectivity index (χ0v) is 29.2. The molecule has 1 aromatic carbocycles. The average molecular weight is 647 g/mol. The molecule has 0 aliphatic rings. The van der Waals surface area contributed by atoms with Gasteiger partial charge in [-0.05, 0) is 49.0 Å². The van der Waals surface area contributed by atoms with E-state index in [-0.39, 0.29) is 30.1 Å². The molecule has 11 heteroatoms. The summed E-state index contributed by atoms with van der Waals surface area (Å²) in [6.07, 6.45) is 0.884. The summed E-state index contributed by atoms with van der Waals surface area (Å²) in [5, 5.41) is 31.9. The number of amides is 4. The van der Waals surface area contributed by atoms with Crippen molar-refractivity contribution in [3.8, 4) is 0 Å². The van der Waals surface area contributed by atoms with Crippen molar-refractivity contribution in [3.63, 3.8) is 0 Å². The molecule has 260 valence electrons. The first-order valence-electron chi connectivity index (χ1n) is 16.7. The van der Waals surface area contributed by atoms with Gasteiger partial charge in [-0.3, -0.25) is 19.2 Å². The molecule has 6 atom stereocenters. The van der Waals surface area contributed by atoms with Crippen molar-refractivity contribution in [1.82, 2.24) is 21.3 Å². The van der Waals surface area contributed by atoms with Crippen LogP contribution in [0.1, 0.15) is 100.0 Å². The van der Waals surface area contributed by atoms with E-state index in [9.17, 15) is 34.2 Å². The standard InChI is InChI=1S/C35H58N4O7/c1-10-23(9)30(32(43)38-29(22(7)8)33(44)45)37-27(41)20-26(40)25(19-24-17-15-14-16-18-24)36-31(42)28(21(5)6)39-34(46)35(11-2,12-3)13-4/h14-18,21-23,25-26,28-30,40H,10-13,19-20H2,1-9H3,(H,36,42)(H,37,41)(H,38,43)(H,39,46)(H,44,45). The molecule has 0 bridgehead atoms. The maximum atomic E-state index is 13.7. The summed E-state index contributed by atoms with van der Waals surface area (Å²) < 4.78 is 0. The minimum absolute atomic E-state index is 0.189. The predicted octanol–water partition coefficient (Wildman–Crippen LogP) is 3.58. The molecule has 0 aromatic heterocycles. The lowest BCUT2D eigenvalue weighted by molar-refractivity contribution is -0.143. The Morgan fingerprint density at radius 1 is 0.717 bits per heavy atom. The molecule has 4 amide bonds. The van der Waals surface area contributed by atoms with Crippen LogP contribution in [0.4, 0.5) is 0 Å². The Labute approximate surface area is 275 Å². The summed E-state index contributed by atoms with van der Waals surface area (Å²) >= 11 is 0. The maximum absolute atomic E-state index is 13.7. The van der Waals surface area contributed by atoms with Crippen LogP contribution >= 0.6 is 0 Å². The van der Waals surface area contributed by atoms with Gasteiger partial charge in [0.25, 0.3) is 0 Å². The van der Waals surface area contributed by atoms with Crippen molar-refractivity contribution in [2.75, 3.05) is 0 Å². The van der Waals surface area contributed by atoms with E-state index in [0.717, 1.165) is 5.56 Å². The smallest absolute Gasteiger partial charge is 0.326 e. The number of nitrogens with one attached hydrogen (secondary N) is 4. The van der Waals surface area contributed by atoms with E-state index < -0.39 is 65.8 Å². The summed E-state index contributed by atoms with van der Waals surface area (Å²) in [7, 11) is 0. The van der Waals surface area contributed by atoms with Crippen molar-refractivity contribution < 1.29 is 34.2 Å². The Morgan fingerprint density at radius 2 is 1.24 bits per heavy atom. The van der Waals surface area contributed by atoms with E-state index in [4.69, 9.17) is 0 Å². The van der Waals surface area contributed by atoms with Crippen LogP contribution in [0.3, 0.4) is 0 Å². The highest BCUT2D eigenvalue weighted by Crippen LogP contribution is 2.31. The van der Waals surface area contributed by atoms with Gasteiger partial charge in [0.05, 0.1) is 18.6 Å².